The van der Waals surface area contributed by atoms with Gasteiger partial charge in [-0.05, 0) is 43.3 Å². The molecule has 148 valence electrons. The summed E-state index contributed by atoms with van der Waals surface area (Å²) in [6, 6.07) is 16.7. The van der Waals surface area contributed by atoms with E-state index in [9.17, 15) is 4.79 Å². The van der Waals surface area contributed by atoms with Gasteiger partial charge < -0.3 is 15.0 Å². The van der Waals surface area contributed by atoms with E-state index < -0.39 is 0 Å². The van der Waals surface area contributed by atoms with Crippen molar-refractivity contribution in [3.63, 3.8) is 0 Å². The number of halogens is 1. The minimum absolute atomic E-state index is 0.0138. The summed E-state index contributed by atoms with van der Waals surface area (Å²) in [4.78, 5) is 24.0. The minimum Gasteiger partial charge on any atom is -0.378 e. The number of aryl methyl sites for hydroxylation is 1. The summed E-state index contributed by atoms with van der Waals surface area (Å²) in [6.45, 7) is 4.24. The molecule has 0 saturated carbocycles. The first-order valence-corrected chi connectivity index (χ1v) is 9.82. The molecule has 2 heterocycles. The first kappa shape index (κ1) is 19.4. The third-order valence-corrected chi connectivity index (χ3v) is 4.93. The molecule has 2 aromatic carbocycles. The lowest BCUT2D eigenvalue weighted by atomic mass is 10.1. The van der Waals surface area contributed by atoms with Crippen LogP contribution in [0.5, 0.6) is 0 Å². The Kier molecular flexibility index (Phi) is 5.74. The van der Waals surface area contributed by atoms with E-state index in [4.69, 9.17) is 16.3 Å². The molecule has 1 aliphatic rings. The molecule has 1 amide bonds. The maximum absolute atomic E-state index is 13.0. The van der Waals surface area contributed by atoms with Crippen molar-refractivity contribution in [3.05, 3.63) is 70.9 Å². The molecule has 1 saturated heterocycles. The van der Waals surface area contributed by atoms with Crippen molar-refractivity contribution in [1.82, 2.24) is 14.9 Å². The Morgan fingerprint density at radius 3 is 2.55 bits per heavy atom. The zero-order chi connectivity index (χ0) is 20.2. The van der Waals surface area contributed by atoms with Crippen molar-refractivity contribution < 1.29 is 9.53 Å². The second-order valence-electron chi connectivity index (χ2n) is 6.80. The van der Waals surface area contributed by atoms with E-state index >= 15 is 0 Å². The monoisotopic (exact) mass is 408 g/mol. The van der Waals surface area contributed by atoms with Crippen LogP contribution in [0.15, 0.2) is 54.6 Å². The van der Waals surface area contributed by atoms with Crippen LogP contribution in [0.2, 0.25) is 5.02 Å². The summed E-state index contributed by atoms with van der Waals surface area (Å²) in [5.41, 5.74) is 3.02. The van der Waals surface area contributed by atoms with Gasteiger partial charge in [0.15, 0.2) is 5.82 Å². The van der Waals surface area contributed by atoms with Crippen molar-refractivity contribution in [2.24, 2.45) is 0 Å². The van der Waals surface area contributed by atoms with Crippen LogP contribution in [0, 0.1) is 6.92 Å². The van der Waals surface area contributed by atoms with Crippen LogP contribution in [0.4, 0.5) is 11.5 Å². The van der Waals surface area contributed by atoms with Gasteiger partial charge in [-0.3, -0.25) is 4.79 Å². The van der Waals surface area contributed by atoms with Crippen molar-refractivity contribution in [3.8, 4) is 11.4 Å². The number of benzene rings is 2. The van der Waals surface area contributed by atoms with Gasteiger partial charge in [0.1, 0.15) is 5.82 Å². The van der Waals surface area contributed by atoms with Crippen molar-refractivity contribution in [2.45, 2.75) is 6.92 Å². The maximum Gasteiger partial charge on any atom is 0.256 e. The third kappa shape index (κ3) is 4.55. The number of morpholine rings is 1. The van der Waals surface area contributed by atoms with Crippen LogP contribution in [-0.4, -0.2) is 47.1 Å². The molecule has 7 heteroatoms. The first-order chi connectivity index (χ1) is 14.1. The number of amides is 1. The van der Waals surface area contributed by atoms with Crippen LogP contribution in [0.3, 0.4) is 0 Å². The average molecular weight is 409 g/mol. The smallest absolute Gasteiger partial charge is 0.256 e. The standard InChI is InChI=1S/C22H21ClN4O2/c1-15-14-20(26-21(24-15)16-6-8-17(23)9-7-16)25-19-5-3-2-4-18(19)22(28)27-10-12-29-13-11-27/h2-9,14H,10-13H2,1H3,(H,24,25,26). The summed E-state index contributed by atoms with van der Waals surface area (Å²) in [6.07, 6.45) is 0. The van der Waals surface area contributed by atoms with E-state index in [0.717, 1.165) is 11.3 Å². The molecule has 0 unspecified atom stereocenters. The van der Waals surface area contributed by atoms with Gasteiger partial charge in [0.05, 0.1) is 24.5 Å². The quantitative estimate of drug-likeness (QED) is 0.696. The average Bonchev–Trinajstić information content (AvgIpc) is 2.74. The molecule has 0 spiro atoms. The summed E-state index contributed by atoms with van der Waals surface area (Å²) >= 11 is 5.98. The number of aromatic nitrogens is 2. The number of rotatable bonds is 4. The van der Waals surface area contributed by atoms with Gasteiger partial charge >= 0.3 is 0 Å². The van der Waals surface area contributed by atoms with Crippen LogP contribution in [0.1, 0.15) is 16.1 Å². The second kappa shape index (κ2) is 8.59. The predicted molar refractivity (Wildman–Crippen MR) is 114 cm³/mol. The molecule has 1 N–H and O–H groups in total. The van der Waals surface area contributed by atoms with Crippen LogP contribution >= 0.6 is 11.6 Å². The fraction of sp³-hybridized carbons (Fsp3) is 0.227. The largest absolute Gasteiger partial charge is 0.378 e. The third-order valence-electron chi connectivity index (χ3n) is 4.68. The van der Waals surface area contributed by atoms with Crippen molar-refractivity contribution in [1.29, 1.82) is 0 Å². The lowest BCUT2D eigenvalue weighted by Gasteiger charge is -2.27. The number of carbonyl (C=O) groups is 1. The number of para-hydroxylation sites is 1. The van der Waals surface area contributed by atoms with E-state index in [1.165, 1.54) is 0 Å². The summed E-state index contributed by atoms with van der Waals surface area (Å²) in [5.74, 6) is 1.21. The highest BCUT2D eigenvalue weighted by Crippen LogP contribution is 2.25. The van der Waals surface area contributed by atoms with Gasteiger partial charge in [-0.2, -0.15) is 0 Å². The van der Waals surface area contributed by atoms with Crippen LogP contribution in [0.25, 0.3) is 11.4 Å². The summed E-state index contributed by atoms with van der Waals surface area (Å²) < 4.78 is 5.35. The van der Waals surface area contributed by atoms with Gasteiger partial charge in [0.25, 0.3) is 5.91 Å². The molecule has 29 heavy (non-hydrogen) atoms. The normalized spacial score (nSPS) is 13.9. The predicted octanol–water partition coefficient (Wildman–Crippen LogP) is 4.32. The molecule has 3 aromatic rings. The molecule has 6 nitrogen and oxygen atoms in total. The second-order valence-corrected chi connectivity index (χ2v) is 7.24. The molecule has 4 rings (SSSR count). The zero-order valence-corrected chi connectivity index (χ0v) is 16.8. The highest BCUT2D eigenvalue weighted by molar-refractivity contribution is 6.30. The van der Waals surface area contributed by atoms with Crippen molar-refractivity contribution in [2.75, 3.05) is 31.6 Å². The molecule has 1 aromatic heterocycles. The van der Waals surface area contributed by atoms with Gasteiger partial charge in [-0.25, -0.2) is 9.97 Å². The number of nitrogens with zero attached hydrogens (tertiary/aromatic N) is 3. The molecule has 0 aliphatic carbocycles. The number of hydrogen-bond acceptors (Lipinski definition) is 5. The maximum atomic E-state index is 13.0. The number of anilines is 2. The molecular formula is C22H21ClN4O2. The van der Waals surface area contributed by atoms with Crippen molar-refractivity contribution >= 4 is 29.0 Å². The minimum atomic E-state index is -0.0138. The summed E-state index contributed by atoms with van der Waals surface area (Å²) in [7, 11) is 0. The van der Waals surface area contributed by atoms with Gasteiger partial charge in [0.2, 0.25) is 0 Å². The Bertz CT molecular complexity index is 1020. The van der Waals surface area contributed by atoms with E-state index in [-0.39, 0.29) is 5.91 Å². The molecule has 0 atom stereocenters. The fourth-order valence-electron chi connectivity index (χ4n) is 3.21. The van der Waals surface area contributed by atoms with Gasteiger partial charge in [0, 0.05) is 35.4 Å². The van der Waals surface area contributed by atoms with E-state index in [2.05, 4.69) is 15.3 Å². The lowest BCUT2D eigenvalue weighted by Crippen LogP contribution is -2.40. The topological polar surface area (TPSA) is 67.4 Å². The Hall–Kier alpha value is -2.96. The van der Waals surface area contributed by atoms with E-state index in [1.54, 1.807) is 0 Å². The summed E-state index contributed by atoms with van der Waals surface area (Å²) in [5, 5.41) is 3.96. The number of ether oxygens (including phenoxy) is 1. The molecular weight excluding hydrogens is 388 g/mol. The number of nitrogens with one attached hydrogen (secondary N) is 1. The van der Waals surface area contributed by atoms with Crippen LogP contribution < -0.4 is 5.32 Å². The van der Waals surface area contributed by atoms with Gasteiger partial charge in [-0.1, -0.05) is 23.7 Å². The van der Waals surface area contributed by atoms with Gasteiger partial charge in [-0.15, -0.1) is 0 Å². The Balaban J connectivity index is 1.63. The highest BCUT2D eigenvalue weighted by atomic mass is 35.5. The number of carbonyl (C=O) groups excluding carboxylic acids is 1. The Morgan fingerprint density at radius 1 is 1.07 bits per heavy atom. The highest BCUT2D eigenvalue weighted by Gasteiger charge is 2.21. The first-order valence-electron chi connectivity index (χ1n) is 9.45. The Morgan fingerprint density at radius 2 is 1.79 bits per heavy atom. The fourth-order valence-corrected chi connectivity index (χ4v) is 3.34. The number of hydrogen-bond donors (Lipinski definition) is 1. The molecule has 1 aliphatic heterocycles. The zero-order valence-electron chi connectivity index (χ0n) is 16.1. The van der Waals surface area contributed by atoms with E-state index in [0.29, 0.717) is 54.2 Å². The SMILES string of the molecule is Cc1cc(Nc2ccccc2C(=O)N2CCOCC2)nc(-c2ccc(Cl)cc2)n1. The lowest BCUT2D eigenvalue weighted by molar-refractivity contribution is 0.0303. The molecule has 0 bridgehead atoms. The van der Waals surface area contributed by atoms with Crippen LogP contribution in [-0.2, 0) is 4.74 Å². The molecule has 0 radical (unpaired) electrons. The van der Waals surface area contributed by atoms with E-state index in [1.807, 2.05) is 66.4 Å². The Labute approximate surface area is 174 Å². The molecule has 1 fully saturated rings.